The fourth-order valence-electron chi connectivity index (χ4n) is 2.91. The number of carbonyl (C=O) groups excluding carboxylic acids is 1. The van der Waals surface area contributed by atoms with Crippen LogP contribution < -0.4 is 5.32 Å². The molecule has 1 heterocycles. The standard InChI is InChI=1S/C19H30N2O2/c1-15(2)13-21-10-11-23-18(14-21)12-20-19(22)9-8-17-6-4-16(3)5-7-17/h4-7,15,18H,8-14H2,1-3H3,(H,20,22). The van der Waals surface area contributed by atoms with E-state index in [1.165, 1.54) is 11.1 Å². The van der Waals surface area contributed by atoms with Gasteiger partial charge >= 0.3 is 0 Å². The molecular formula is C19H30N2O2. The number of carbonyl (C=O) groups is 1. The molecule has 1 N–H and O–H groups in total. The van der Waals surface area contributed by atoms with Gasteiger partial charge in [0, 0.05) is 32.6 Å². The van der Waals surface area contributed by atoms with Gasteiger partial charge in [-0.25, -0.2) is 0 Å². The Morgan fingerprint density at radius 2 is 2.09 bits per heavy atom. The molecule has 0 bridgehead atoms. The van der Waals surface area contributed by atoms with E-state index in [1.54, 1.807) is 0 Å². The highest BCUT2D eigenvalue weighted by molar-refractivity contribution is 5.76. The van der Waals surface area contributed by atoms with E-state index in [1.807, 2.05) is 0 Å². The summed E-state index contributed by atoms with van der Waals surface area (Å²) < 4.78 is 5.76. The van der Waals surface area contributed by atoms with Crippen LogP contribution in [-0.4, -0.2) is 49.7 Å². The van der Waals surface area contributed by atoms with Gasteiger partial charge in [-0.2, -0.15) is 0 Å². The minimum atomic E-state index is 0.107. The van der Waals surface area contributed by atoms with E-state index in [-0.39, 0.29) is 12.0 Å². The van der Waals surface area contributed by atoms with Crippen LogP contribution in [0, 0.1) is 12.8 Å². The van der Waals surface area contributed by atoms with E-state index in [4.69, 9.17) is 4.74 Å². The van der Waals surface area contributed by atoms with Crippen LogP contribution in [0.3, 0.4) is 0 Å². The smallest absolute Gasteiger partial charge is 0.220 e. The Balaban J connectivity index is 1.66. The Morgan fingerprint density at radius 3 is 2.78 bits per heavy atom. The molecule has 1 aliphatic heterocycles. The van der Waals surface area contributed by atoms with Crippen molar-refractivity contribution in [1.82, 2.24) is 10.2 Å². The fourth-order valence-corrected chi connectivity index (χ4v) is 2.91. The summed E-state index contributed by atoms with van der Waals surface area (Å²) in [4.78, 5) is 14.4. The van der Waals surface area contributed by atoms with Gasteiger partial charge in [0.25, 0.3) is 0 Å². The monoisotopic (exact) mass is 318 g/mol. The second-order valence-corrected chi connectivity index (χ2v) is 6.94. The van der Waals surface area contributed by atoms with E-state index in [0.29, 0.717) is 18.9 Å². The Bertz CT molecular complexity index is 485. The van der Waals surface area contributed by atoms with Crippen LogP contribution in [0.2, 0.25) is 0 Å². The first-order valence-electron chi connectivity index (χ1n) is 8.69. The molecular weight excluding hydrogens is 288 g/mol. The number of rotatable bonds is 7. The zero-order chi connectivity index (χ0) is 16.7. The quantitative estimate of drug-likeness (QED) is 0.839. The van der Waals surface area contributed by atoms with Crippen LogP contribution in [0.5, 0.6) is 0 Å². The number of nitrogens with zero attached hydrogens (tertiary/aromatic N) is 1. The molecule has 4 nitrogen and oxygen atoms in total. The zero-order valence-electron chi connectivity index (χ0n) is 14.7. The maximum Gasteiger partial charge on any atom is 0.220 e. The zero-order valence-corrected chi connectivity index (χ0v) is 14.7. The predicted molar refractivity (Wildman–Crippen MR) is 93.5 cm³/mol. The van der Waals surface area contributed by atoms with Crippen LogP contribution in [-0.2, 0) is 16.0 Å². The first-order valence-corrected chi connectivity index (χ1v) is 8.69. The van der Waals surface area contributed by atoms with E-state index < -0.39 is 0 Å². The fraction of sp³-hybridized carbons (Fsp3) is 0.632. The minimum Gasteiger partial charge on any atom is -0.374 e. The average molecular weight is 318 g/mol. The lowest BCUT2D eigenvalue weighted by molar-refractivity contribution is -0.122. The largest absolute Gasteiger partial charge is 0.374 e. The third-order valence-electron chi connectivity index (χ3n) is 4.13. The molecule has 128 valence electrons. The Labute approximate surface area is 140 Å². The van der Waals surface area contributed by atoms with Crippen LogP contribution in [0.25, 0.3) is 0 Å². The second-order valence-electron chi connectivity index (χ2n) is 6.94. The summed E-state index contributed by atoms with van der Waals surface area (Å²) in [6, 6.07) is 8.37. The summed E-state index contributed by atoms with van der Waals surface area (Å²) in [5, 5.41) is 3.02. The predicted octanol–water partition coefficient (Wildman–Crippen LogP) is 2.40. The van der Waals surface area contributed by atoms with Crippen molar-refractivity contribution in [3.8, 4) is 0 Å². The molecule has 1 aliphatic rings. The molecule has 1 aromatic rings. The molecule has 0 radical (unpaired) electrons. The van der Waals surface area contributed by atoms with Gasteiger partial charge in [-0.15, -0.1) is 0 Å². The van der Waals surface area contributed by atoms with Gasteiger partial charge in [0.05, 0.1) is 12.7 Å². The highest BCUT2D eigenvalue weighted by atomic mass is 16.5. The molecule has 1 aromatic carbocycles. The Kier molecular flexibility index (Phi) is 7.06. The van der Waals surface area contributed by atoms with Crippen LogP contribution in [0.1, 0.15) is 31.4 Å². The SMILES string of the molecule is Cc1ccc(CCC(=O)NCC2CN(CC(C)C)CCO2)cc1. The molecule has 2 rings (SSSR count). The molecule has 0 aromatic heterocycles. The minimum absolute atomic E-state index is 0.107. The normalized spacial score (nSPS) is 19.0. The van der Waals surface area contributed by atoms with Gasteiger partial charge in [0.1, 0.15) is 0 Å². The van der Waals surface area contributed by atoms with Gasteiger partial charge in [-0.3, -0.25) is 9.69 Å². The van der Waals surface area contributed by atoms with Crippen molar-refractivity contribution in [2.75, 3.05) is 32.8 Å². The summed E-state index contributed by atoms with van der Waals surface area (Å²) in [5.74, 6) is 0.771. The van der Waals surface area contributed by atoms with Gasteiger partial charge in [0.15, 0.2) is 0 Å². The number of hydrogen-bond donors (Lipinski definition) is 1. The lowest BCUT2D eigenvalue weighted by Gasteiger charge is -2.33. The average Bonchev–Trinajstić information content (AvgIpc) is 2.52. The molecule has 0 aliphatic carbocycles. The number of benzene rings is 1. The second kappa shape index (κ2) is 9.04. The van der Waals surface area contributed by atoms with Crippen LogP contribution in [0.4, 0.5) is 0 Å². The molecule has 1 fully saturated rings. The molecule has 0 saturated carbocycles. The maximum absolute atomic E-state index is 12.0. The van der Waals surface area contributed by atoms with Crippen LogP contribution in [0.15, 0.2) is 24.3 Å². The van der Waals surface area contributed by atoms with E-state index in [2.05, 4.69) is 55.3 Å². The van der Waals surface area contributed by atoms with E-state index >= 15 is 0 Å². The summed E-state index contributed by atoms with van der Waals surface area (Å²) in [6.45, 7) is 10.9. The number of aryl methyl sites for hydroxylation is 2. The molecule has 4 heteroatoms. The highest BCUT2D eigenvalue weighted by Crippen LogP contribution is 2.08. The number of amides is 1. The first kappa shape index (κ1) is 18.0. The highest BCUT2D eigenvalue weighted by Gasteiger charge is 2.21. The lowest BCUT2D eigenvalue weighted by Crippen LogP contribution is -2.48. The van der Waals surface area contributed by atoms with Crippen LogP contribution >= 0.6 is 0 Å². The first-order chi connectivity index (χ1) is 11.0. The summed E-state index contributed by atoms with van der Waals surface area (Å²) in [7, 11) is 0. The van der Waals surface area contributed by atoms with Gasteiger partial charge in [-0.05, 0) is 24.8 Å². The molecule has 1 atom stereocenters. The van der Waals surface area contributed by atoms with Crippen molar-refractivity contribution in [3.63, 3.8) is 0 Å². The third-order valence-corrected chi connectivity index (χ3v) is 4.13. The molecule has 1 unspecified atom stereocenters. The maximum atomic E-state index is 12.0. The topological polar surface area (TPSA) is 41.6 Å². The van der Waals surface area contributed by atoms with Gasteiger partial charge < -0.3 is 10.1 Å². The van der Waals surface area contributed by atoms with Crippen molar-refractivity contribution in [2.24, 2.45) is 5.92 Å². The van der Waals surface area contributed by atoms with Crippen molar-refractivity contribution in [2.45, 2.75) is 39.7 Å². The van der Waals surface area contributed by atoms with Crippen molar-refractivity contribution in [1.29, 1.82) is 0 Å². The number of morpholine rings is 1. The van der Waals surface area contributed by atoms with E-state index in [0.717, 1.165) is 32.7 Å². The molecule has 23 heavy (non-hydrogen) atoms. The van der Waals surface area contributed by atoms with Crippen molar-refractivity contribution >= 4 is 5.91 Å². The van der Waals surface area contributed by atoms with Crippen molar-refractivity contribution < 1.29 is 9.53 Å². The van der Waals surface area contributed by atoms with E-state index in [9.17, 15) is 4.79 Å². The Hall–Kier alpha value is -1.39. The lowest BCUT2D eigenvalue weighted by atomic mass is 10.1. The van der Waals surface area contributed by atoms with Crippen molar-refractivity contribution in [3.05, 3.63) is 35.4 Å². The third kappa shape index (κ3) is 6.71. The summed E-state index contributed by atoms with van der Waals surface area (Å²) in [6.07, 6.45) is 1.44. The number of ether oxygens (including phenoxy) is 1. The number of hydrogen-bond acceptors (Lipinski definition) is 3. The van der Waals surface area contributed by atoms with Gasteiger partial charge in [-0.1, -0.05) is 43.7 Å². The summed E-state index contributed by atoms with van der Waals surface area (Å²) >= 11 is 0. The molecule has 0 spiro atoms. The summed E-state index contributed by atoms with van der Waals surface area (Å²) in [5.41, 5.74) is 2.46. The molecule has 1 amide bonds. The van der Waals surface area contributed by atoms with Gasteiger partial charge in [0.2, 0.25) is 5.91 Å². The number of nitrogens with one attached hydrogen (secondary N) is 1. The molecule has 1 saturated heterocycles. The Morgan fingerprint density at radius 1 is 1.35 bits per heavy atom.